The quantitative estimate of drug-likeness (QED) is 0.0491. The summed E-state index contributed by atoms with van der Waals surface area (Å²) in [6, 6.07) is 22.8. The molecule has 3 saturated heterocycles. The number of rotatable bonds is 25. The number of unbranched alkanes of at least 4 members (excludes halogenated alkanes) is 1. The van der Waals surface area contributed by atoms with Crippen molar-refractivity contribution in [3.8, 4) is 15.0 Å². The lowest BCUT2D eigenvalue weighted by molar-refractivity contribution is -0.120. The monoisotopic (exact) mass is 1640 g/mol. The number of carbonyl (C=O) groups excluding carboxylic acids is 3. The highest BCUT2D eigenvalue weighted by Crippen LogP contribution is 2.44. The second-order valence-electron chi connectivity index (χ2n) is 31.9. The minimum Gasteiger partial charge on any atom is -0.308 e. The van der Waals surface area contributed by atoms with Crippen LogP contribution in [0.5, 0.6) is 0 Å². The summed E-state index contributed by atoms with van der Waals surface area (Å²) in [5.74, 6) is 5.74. The first-order valence-electron chi connectivity index (χ1n) is 40.5. The number of hydrogen-bond acceptors (Lipinski definition) is 19. The Balaban J connectivity index is 0.000000150. The lowest BCUT2D eigenvalue weighted by Crippen LogP contribution is -2.46. The molecule has 113 heavy (non-hydrogen) atoms. The average Bonchev–Trinajstić information content (AvgIpc) is 1.60. The Morgan fingerprint density at radius 1 is 0.469 bits per heavy atom. The van der Waals surface area contributed by atoms with Crippen molar-refractivity contribution in [2.24, 2.45) is 20.9 Å². The van der Waals surface area contributed by atoms with Gasteiger partial charge in [0.2, 0.25) is 0 Å². The SMILES string of the molecule is Cc1sc2c(c1C)C(c1ccc(Cl)cc1)=N[C@@H](CC(=O)CCC1CCN(CCN(C)C)CC1)c1nnc(C)n1-2.Cc1sc2c(c1C)C(c1ccc(Cl)cc1)=N[C@@H](CC(=O)CCCC(C)F)c1nnc(C)n1-2.Cc1sc2c(c1C)C(c1ccc(Cl)cc1)=N[C@@H](CC(=O)CCCCN1CCC(N3CCCCC3)CC1)c1nnc(C)n1-2. The molecule has 0 radical (unpaired) electrons. The van der Waals surface area contributed by atoms with Gasteiger partial charge in [0.1, 0.15) is 68.0 Å². The van der Waals surface area contributed by atoms with E-state index < -0.39 is 12.2 Å². The molecule has 1 unspecified atom stereocenters. The van der Waals surface area contributed by atoms with E-state index in [0.717, 1.165) is 158 Å². The van der Waals surface area contributed by atoms with Crippen LogP contribution in [0.3, 0.4) is 0 Å². The fourth-order valence-electron chi connectivity index (χ4n) is 16.6. The molecule has 0 N–H and O–H groups in total. The summed E-state index contributed by atoms with van der Waals surface area (Å²) in [5, 5.41) is 31.9. The Bertz CT molecular complexity index is 4930. The number of hydrogen-bond donors (Lipinski definition) is 0. The summed E-state index contributed by atoms with van der Waals surface area (Å²) >= 11 is 23.7. The number of nitrogens with zero attached hydrogens (tertiary/aromatic N) is 16. The largest absolute Gasteiger partial charge is 0.308 e. The van der Waals surface area contributed by atoms with Gasteiger partial charge in [-0.1, -0.05) is 77.6 Å². The Labute approximate surface area is 692 Å². The molecule has 0 aliphatic carbocycles. The van der Waals surface area contributed by atoms with Gasteiger partial charge in [0.25, 0.3) is 0 Å². The van der Waals surface area contributed by atoms with E-state index in [1.165, 1.54) is 104 Å². The maximum absolute atomic E-state index is 13.4. The molecule has 4 atom stereocenters. The highest BCUT2D eigenvalue weighted by atomic mass is 35.5. The standard InChI is InChI=1S/C33H43ClN6OS.C30H39ClN6OS.C24H26ClFN4OS/c1-22-23(2)42-33-30(22)31(25-10-12-26(34)13-11-25)35-29(32-37-36-24(3)40(32)33)21-28(41)9-5-8-16-38-19-14-27(15-20-38)39-17-6-4-7-18-39;1-19-20(2)39-30-27(19)28(23-7-9-24(31)10-8-23)32-26(29-34-33-21(3)37(29)30)18-25(38)11-6-22-12-14-36(15-13-22)17-16-35(4)5;1-13(26)6-5-7-19(31)12-20-23-29-28-16(4)30(23)24-21(14(2)15(3)32-24)22(27-20)17-8-10-18(25)11-9-17/h10-13,27,29H,4-9,14-21H2,1-3H3;7-10,22,26H,6,11-18H2,1-5H3;8-11,13,20H,5-7,12H2,1-4H3/t29-;26-;13?,20-/m000/s1. The summed E-state index contributed by atoms with van der Waals surface area (Å²) in [7, 11) is 4.25. The van der Waals surface area contributed by atoms with Crippen molar-refractivity contribution in [1.82, 2.24) is 63.9 Å². The van der Waals surface area contributed by atoms with Gasteiger partial charge in [-0.15, -0.1) is 64.6 Å². The van der Waals surface area contributed by atoms with Crippen LogP contribution in [0.4, 0.5) is 4.39 Å². The van der Waals surface area contributed by atoms with Gasteiger partial charge >= 0.3 is 0 Å². The number of aromatic nitrogens is 9. The van der Waals surface area contributed by atoms with Gasteiger partial charge in [-0.2, -0.15) is 0 Å². The number of carbonyl (C=O) groups is 3. The second-order valence-corrected chi connectivity index (χ2v) is 36.8. The van der Waals surface area contributed by atoms with Crippen molar-refractivity contribution in [3.63, 3.8) is 0 Å². The van der Waals surface area contributed by atoms with E-state index >= 15 is 0 Å². The van der Waals surface area contributed by atoms with Gasteiger partial charge in [0.05, 0.1) is 23.3 Å². The molecular weight excluding hydrogens is 1540 g/mol. The zero-order chi connectivity index (χ0) is 79.9. The molecule has 0 bridgehead atoms. The van der Waals surface area contributed by atoms with E-state index in [-0.39, 0.29) is 35.9 Å². The topological polar surface area (TPSA) is 193 Å². The fourth-order valence-corrected chi connectivity index (χ4v) is 20.6. The van der Waals surface area contributed by atoms with Crippen LogP contribution in [-0.4, -0.2) is 184 Å². The number of ketones is 3. The number of halogens is 4. The minimum absolute atomic E-state index is 0.0558. The van der Waals surface area contributed by atoms with Crippen LogP contribution in [0.2, 0.25) is 15.1 Å². The van der Waals surface area contributed by atoms with Crippen molar-refractivity contribution in [2.45, 2.75) is 215 Å². The molecule has 6 aromatic heterocycles. The summed E-state index contributed by atoms with van der Waals surface area (Å²) < 4.78 is 19.4. The Morgan fingerprint density at radius 3 is 1.21 bits per heavy atom. The molecule has 3 aromatic carbocycles. The number of likely N-dealkylation sites (N-methyl/N-ethyl adjacent to an activating group) is 1. The Morgan fingerprint density at radius 2 is 0.832 bits per heavy atom. The number of thiophene rings is 3. The smallest absolute Gasteiger partial charge is 0.163 e. The van der Waals surface area contributed by atoms with Crippen LogP contribution in [0.15, 0.2) is 87.8 Å². The third-order valence-corrected chi connectivity index (χ3v) is 27.8. The molecule has 6 aliphatic rings. The Kier molecular flexibility index (Phi) is 28.1. The first kappa shape index (κ1) is 83.8. The van der Waals surface area contributed by atoms with Crippen LogP contribution in [0, 0.1) is 68.2 Å². The van der Waals surface area contributed by atoms with E-state index in [2.05, 4.69) is 115 Å². The number of benzene rings is 3. The van der Waals surface area contributed by atoms with E-state index in [4.69, 9.17) is 49.8 Å². The number of aliphatic imine (C=N–C) groups is 3. The molecular formula is C87H108Cl3FN16O3S3. The van der Waals surface area contributed by atoms with E-state index in [9.17, 15) is 18.8 Å². The molecule has 600 valence electrons. The fraction of sp³-hybridized carbons (Fsp3) is 0.517. The van der Waals surface area contributed by atoms with Crippen molar-refractivity contribution in [3.05, 3.63) is 188 Å². The lowest BCUT2D eigenvalue weighted by atomic mass is 9.90. The Hall–Kier alpha value is -7.16. The van der Waals surface area contributed by atoms with Crippen molar-refractivity contribution in [2.75, 3.05) is 73.0 Å². The first-order valence-corrected chi connectivity index (χ1v) is 44.1. The molecule has 9 aromatic rings. The summed E-state index contributed by atoms with van der Waals surface area (Å²) in [6.07, 6.45) is 14.4. The van der Waals surface area contributed by atoms with Gasteiger partial charge in [-0.05, 0) is 259 Å². The number of alkyl halides is 1. The summed E-state index contributed by atoms with van der Waals surface area (Å²) in [4.78, 5) is 68.9. The van der Waals surface area contributed by atoms with Crippen LogP contribution in [0.1, 0.15) is 240 Å². The van der Waals surface area contributed by atoms with Gasteiger partial charge in [-0.25, -0.2) is 4.39 Å². The summed E-state index contributed by atoms with van der Waals surface area (Å²) in [6.45, 7) is 30.7. The van der Waals surface area contributed by atoms with Crippen LogP contribution in [-0.2, 0) is 14.4 Å². The summed E-state index contributed by atoms with van der Waals surface area (Å²) in [5.41, 5.74) is 12.4. The molecule has 0 spiro atoms. The number of aryl methyl sites for hydroxylation is 6. The van der Waals surface area contributed by atoms with Crippen LogP contribution < -0.4 is 0 Å². The van der Waals surface area contributed by atoms with E-state index in [1.807, 2.05) is 98.1 Å². The maximum Gasteiger partial charge on any atom is 0.163 e. The van der Waals surface area contributed by atoms with Crippen molar-refractivity contribution in [1.29, 1.82) is 0 Å². The van der Waals surface area contributed by atoms with Gasteiger partial charge < -0.3 is 19.6 Å². The van der Waals surface area contributed by atoms with Crippen molar-refractivity contribution >= 4 is 103 Å². The molecule has 26 heteroatoms. The molecule has 3 fully saturated rings. The molecule has 15 rings (SSSR count). The molecule has 0 amide bonds. The third-order valence-electron chi connectivity index (χ3n) is 23.4. The van der Waals surface area contributed by atoms with Crippen LogP contribution in [0.25, 0.3) is 15.0 Å². The number of piperidine rings is 3. The molecule has 12 heterocycles. The van der Waals surface area contributed by atoms with Crippen molar-refractivity contribution < 1.29 is 18.8 Å². The average molecular weight is 1650 g/mol. The highest BCUT2D eigenvalue weighted by molar-refractivity contribution is 7.15. The zero-order valence-corrected chi connectivity index (χ0v) is 72.3. The number of likely N-dealkylation sites (tertiary alicyclic amines) is 3. The highest BCUT2D eigenvalue weighted by Gasteiger charge is 2.37. The minimum atomic E-state index is -0.900. The van der Waals surface area contributed by atoms with Gasteiger partial charge in [0.15, 0.2) is 17.5 Å². The van der Waals surface area contributed by atoms with Gasteiger partial charge in [-0.3, -0.25) is 43.1 Å². The normalized spacial score (nSPS) is 18.3. The van der Waals surface area contributed by atoms with E-state index in [1.54, 1.807) is 34.0 Å². The molecule has 19 nitrogen and oxygen atoms in total. The third kappa shape index (κ3) is 19.8. The van der Waals surface area contributed by atoms with Crippen LogP contribution >= 0.6 is 68.8 Å². The lowest BCUT2D eigenvalue weighted by Gasteiger charge is -2.40. The zero-order valence-electron chi connectivity index (χ0n) is 67.6. The molecule has 0 saturated carbocycles. The van der Waals surface area contributed by atoms with E-state index in [0.29, 0.717) is 71.8 Å². The number of fused-ring (bicyclic) bond motifs is 9. The maximum atomic E-state index is 13.4. The van der Waals surface area contributed by atoms with Gasteiger partial charge in [0, 0.05) is 121 Å². The first-order chi connectivity index (χ1) is 54.3. The second kappa shape index (κ2) is 37.8. The number of Topliss-reactive ketones (excluding diaryl/α,β-unsaturated/α-hetero) is 3. The predicted molar refractivity (Wildman–Crippen MR) is 459 cm³/mol. The molecule has 6 aliphatic heterocycles. The predicted octanol–water partition coefficient (Wildman–Crippen LogP) is 19.0.